The largest absolute Gasteiger partial charge is 0.0646 e. The van der Waals surface area contributed by atoms with Gasteiger partial charge >= 0.3 is 0 Å². The molecule has 0 heterocycles. The third-order valence-corrected chi connectivity index (χ3v) is 4.76. The molecular formula is C18H30. The van der Waals surface area contributed by atoms with E-state index in [1.165, 1.54) is 12.8 Å². The van der Waals surface area contributed by atoms with Crippen molar-refractivity contribution in [2.24, 2.45) is 0 Å². The van der Waals surface area contributed by atoms with Crippen LogP contribution in [0.3, 0.4) is 0 Å². The molecule has 0 aliphatic rings. The summed E-state index contributed by atoms with van der Waals surface area (Å²) in [5.74, 6) is 0. The molecule has 0 radical (unpaired) electrons. The van der Waals surface area contributed by atoms with Crippen molar-refractivity contribution in [3.63, 3.8) is 0 Å². The molecule has 0 saturated carbocycles. The van der Waals surface area contributed by atoms with Crippen LogP contribution in [0.4, 0.5) is 0 Å². The van der Waals surface area contributed by atoms with Crippen LogP contribution in [0.15, 0.2) is 18.2 Å². The maximum atomic E-state index is 2.37. The highest BCUT2D eigenvalue weighted by molar-refractivity contribution is 5.43. The Morgan fingerprint density at radius 1 is 0.778 bits per heavy atom. The molecule has 0 unspecified atom stereocenters. The first-order valence-electron chi connectivity index (χ1n) is 7.43. The van der Waals surface area contributed by atoms with Crippen molar-refractivity contribution >= 4 is 0 Å². The van der Waals surface area contributed by atoms with Crippen LogP contribution in [-0.4, -0.2) is 0 Å². The number of hydrogen-bond acceptors (Lipinski definition) is 0. The number of benzene rings is 1. The van der Waals surface area contributed by atoms with E-state index in [9.17, 15) is 0 Å². The average molecular weight is 246 g/mol. The molecule has 18 heavy (non-hydrogen) atoms. The van der Waals surface area contributed by atoms with E-state index < -0.39 is 0 Å². The van der Waals surface area contributed by atoms with Crippen LogP contribution >= 0.6 is 0 Å². The van der Waals surface area contributed by atoms with Crippen LogP contribution in [0.2, 0.25) is 0 Å². The monoisotopic (exact) mass is 246 g/mol. The van der Waals surface area contributed by atoms with E-state index in [2.05, 4.69) is 66.7 Å². The van der Waals surface area contributed by atoms with E-state index >= 15 is 0 Å². The molecular weight excluding hydrogens is 216 g/mol. The van der Waals surface area contributed by atoms with Crippen molar-refractivity contribution in [1.82, 2.24) is 0 Å². The first kappa shape index (κ1) is 15.3. The first-order chi connectivity index (χ1) is 8.30. The van der Waals surface area contributed by atoms with Crippen molar-refractivity contribution in [3.05, 3.63) is 34.9 Å². The summed E-state index contributed by atoms with van der Waals surface area (Å²) in [6.45, 7) is 16.3. The smallest absolute Gasteiger partial charge is 0.0103 e. The molecule has 0 aliphatic carbocycles. The zero-order valence-electron chi connectivity index (χ0n) is 13.4. The maximum absolute atomic E-state index is 2.37. The van der Waals surface area contributed by atoms with Crippen molar-refractivity contribution in [2.45, 2.75) is 78.6 Å². The van der Waals surface area contributed by atoms with Gasteiger partial charge in [0.05, 0.1) is 0 Å². The van der Waals surface area contributed by atoms with Gasteiger partial charge < -0.3 is 0 Å². The second-order valence-corrected chi connectivity index (χ2v) is 6.66. The van der Waals surface area contributed by atoms with Gasteiger partial charge in [-0.1, -0.05) is 66.7 Å². The second kappa shape index (κ2) is 5.47. The lowest BCUT2D eigenvalue weighted by atomic mass is 9.72. The van der Waals surface area contributed by atoms with Crippen molar-refractivity contribution in [2.75, 3.05) is 0 Å². The molecule has 0 saturated heterocycles. The van der Waals surface area contributed by atoms with Gasteiger partial charge in [-0.2, -0.15) is 0 Å². The highest BCUT2D eigenvalue weighted by Gasteiger charge is 2.27. The molecule has 0 fully saturated rings. The molecule has 0 aliphatic heterocycles. The van der Waals surface area contributed by atoms with Gasteiger partial charge in [-0.05, 0) is 46.8 Å². The number of hydrogen-bond donors (Lipinski definition) is 0. The van der Waals surface area contributed by atoms with Crippen LogP contribution in [0, 0.1) is 0 Å². The summed E-state index contributed by atoms with van der Waals surface area (Å²) in [5.41, 5.74) is 5.24. The summed E-state index contributed by atoms with van der Waals surface area (Å²) in [6, 6.07) is 6.91. The van der Waals surface area contributed by atoms with E-state index in [-0.39, 0.29) is 10.8 Å². The summed E-state index contributed by atoms with van der Waals surface area (Å²) in [7, 11) is 0. The zero-order valence-corrected chi connectivity index (χ0v) is 13.4. The quantitative estimate of drug-likeness (QED) is 0.632. The topological polar surface area (TPSA) is 0 Å². The molecule has 102 valence electrons. The number of rotatable bonds is 5. The molecule has 0 aromatic heterocycles. The van der Waals surface area contributed by atoms with Crippen LogP contribution in [0.5, 0.6) is 0 Å². The molecule has 1 aromatic rings. The van der Waals surface area contributed by atoms with Crippen molar-refractivity contribution < 1.29 is 0 Å². The Morgan fingerprint density at radius 3 is 1.44 bits per heavy atom. The SMILES string of the molecule is CCc1c(C(C)(C)CC)cccc1C(C)(C)CC. The van der Waals surface area contributed by atoms with E-state index in [1.54, 1.807) is 16.7 Å². The third-order valence-electron chi connectivity index (χ3n) is 4.76. The van der Waals surface area contributed by atoms with Crippen LogP contribution in [0.25, 0.3) is 0 Å². The van der Waals surface area contributed by atoms with Gasteiger partial charge in [0.1, 0.15) is 0 Å². The van der Waals surface area contributed by atoms with Crippen molar-refractivity contribution in [1.29, 1.82) is 0 Å². The van der Waals surface area contributed by atoms with Gasteiger partial charge in [0.2, 0.25) is 0 Å². The highest BCUT2D eigenvalue weighted by Crippen LogP contribution is 2.37. The fraction of sp³-hybridized carbons (Fsp3) is 0.667. The Bertz CT molecular complexity index is 362. The Kier molecular flexibility index (Phi) is 4.64. The zero-order chi connectivity index (χ0) is 14.0. The fourth-order valence-electron chi connectivity index (χ4n) is 2.62. The van der Waals surface area contributed by atoms with Crippen LogP contribution in [-0.2, 0) is 17.3 Å². The van der Waals surface area contributed by atoms with Gasteiger partial charge in [0.15, 0.2) is 0 Å². The Hall–Kier alpha value is -0.780. The molecule has 0 spiro atoms. The summed E-state index contributed by atoms with van der Waals surface area (Å²) in [5, 5.41) is 0. The Labute approximate surface area is 114 Å². The molecule has 0 bridgehead atoms. The Morgan fingerprint density at radius 2 is 1.17 bits per heavy atom. The van der Waals surface area contributed by atoms with Crippen molar-refractivity contribution in [3.8, 4) is 0 Å². The van der Waals surface area contributed by atoms with Gasteiger partial charge in [0.25, 0.3) is 0 Å². The predicted molar refractivity (Wildman–Crippen MR) is 82.5 cm³/mol. The lowest BCUT2D eigenvalue weighted by Crippen LogP contribution is -2.23. The second-order valence-electron chi connectivity index (χ2n) is 6.66. The normalized spacial score (nSPS) is 12.8. The molecule has 0 atom stereocenters. The first-order valence-corrected chi connectivity index (χ1v) is 7.43. The molecule has 0 nitrogen and oxygen atoms in total. The van der Waals surface area contributed by atoms with Crippen LogP contribution < -0.4 is 0 Å². The molecule has 0 N–H and O–H groups in total. The van der Waals surface area contributed by atoms with E-state index in [0.29, 0.717) is 0 Å². The fourth-order valence-corrected chi connectivity index (χ4v) is 2.62. The molecule has 1 aromatic carbocycles. The van der Waals surface area contributed by atoms with Gasteiger partial charge in [-0.3, -0.25) is 0 Å². The lowest BCUT2D eigenvalue weighted by molar-refractivity contribution is 0.480. The standard InChI is InChI=1S/C18H30/c1-8-14-15(17(4,5)9-2)12-11-13-16(14)18(6,7)10-3/h11-13H,8-10H2,1-7H3. The Balaban J connectivity index is 3.45. The summed E-state index contributed by atoms with van der Waals surface area (Å²) in [6.07, 6.45) is 3.52. The molecule has 0 amide bonds. The highest BCUT2D eigenvalue weighted by atomic mass is 14.3. The summed E-state index contributed by atoms with van der Waals surface area (Å²) < 4.78 is 0. The lowest BCUT2D eigenvalue weighted by Gasteiger charge is -2.32. The molecule has 0 heteroatoms. The van der Waals surface area contributed by atoms with E-state index in [4.69, 9.17) is 0 Å². The van der Waals surface area contributed by atoms with Gasteiger partial charge in [0, 0.05) is 0 Å². The molecule has 1 rings (SSSR count). The summed E-state index contributed by atoms with van der Waals surface area (Å²) in [4.78, 5) is 0. The van der Waals surface area contributed by atoms with Crippen LogP contribution in [0.1, 0.15) is 78.0 Å². The van der Waals surface area contributed by atoms with E-state index in [1.807, 2.05) is 0 Å². The van der Waals surface area contributed by atoms with E-state index in [0.717, 1.165) is 6.42 Å². The maximum Gasteiger partial charge on any atom is -0.0103 e. The van der Waals surface area contributed by atoms with Gasteiger partial charge in [-0.25, -0.2) is 0 Å². The van der Waals surface area contributed by atoms with Gasteiger partial charge in [-0.15, -0.1) is 0 Å². The minimum atomic E-state index is 0.283. The third kappa shape index (κ3) is 2.79. The average Bonchev–Trinajstić information content (AvgIpc) is 2.37. The minimum absolute atomic E-state index is 0.283. The minimum Gasteiger partial charge on any atom is -0.0646 e. The predicted octanol–water partition coefficient (Wildman–Crippen LogP) is 5.62. The summed E-state index contributed by atoms with van der Waals surface area (Å²) >= 11 is 0.